The number of hydrogen-bond donors (Lipinski definition) is 1. The van der Waals surface area contributed by atoms with Crippen molar-refractivity contribution in [2.45, 2.75) is 26.7 Å². The molecule has 0 bridgehead atoms. The summed E-state index contributed by atoms with van der Waals surface area (Å²) in [6.45, 7) is 5.97. The summed E-state index contributed by atoms with van der Waals surface area (Å²) in [7, 11) is 4.97. The minimum absolute atomic E-state index is 0.187. The Hall–Kier alpha value is -3.09. The second-order valence-electron chi connectivity index (χ2n) is 6.68. The Morgan fingerprint density at radius 2 is 1.93 bits per heavy atom. The number of benzene rings is 1. The summed E-state index contributed by atoms with van der Waals surface area (Å²) in [5.41, 5.74) is 3.43. The standard InChI is InChI=1S/C20H24N4O3/c1-11(2)16-10-14(18-12(3)23-24(4)19(18)21-16)20(25)22-15-8-7-13(26-5)9-17(15)27-6/h7-11H,1-6H3,(H,22,25). The fourth-order valence-corrected chi connectivity index (χ4v) is 3.03. The number of nitrogens with zero attached hydrogens (tertiary/aromatic N) is 3. The molecule has 7 nitrogen and oxygen atoms in total. The van der Waals surface area contributed by atoms with Gasteiger partial charge in [-0.05, 0) is 31.0 Å². The van der Waals surface area contributed by atoms with Crippen molar-refractivity contribution in [3.63, 3.8) is 0 Å². The van der Waals surface area contributed by atoms with Crippen LogP contribution in [0.4, 0.5) is 5.69 Å². The number of rotatable bonds is 5. The number of ether oxygens (including phenoxy) is 2. The smallest absolute Gasteiger partial charge is 0.256 e. The number of carbonyl (C=O) groups excluding carboxylic acids is 1. The Balaban J connectivity index is 2.08. The second-order valence-corrected chi connectivity index (χ2v) is 6.68. The molecule has 0 unspecified atom stereocenters. The molecule has 3 aromatic rings. The van der Waals surface area contributed by atoms with E-state index >= 15 is 0 Å². The minimum Gasteiger partial charge on any atom is -0.497 e. The monoisotopic (exact) mass is 368 g/mol. The summed E-state index contributed by atoms with van der Waals surface area (Å²) >= 11 is 0. The molecule has 0 radical (unpaired) electrons. The summed E-state index contributed by atoms with van der Waals surface area (Å²) in [6, 6.07) is 7.10. The molecule has 0 saturated heterocycles. The summed E-state index contributed by atoms with van der Waals surface area (Å²) in [6.07, 6.45) is 0. The van der Waals surface area contributed by atoms with Gasteiger partial charge >= 0.3 is 0 Å². The van der Waals surface area contributed by atoms with Crippen LogP contribution in [-0.2, 0) is 7.05 Å². The van der Waals surface area contributed by atoms with Gasteiger partial charge < -0.3 is 14.8 Å². The molecule has 7 heteroatoms. The molecule has 1 aromatic carbocycles. The first-order valence-electron chi connectivity index (χ1n) is 8.73. The largest absolute Gasteiger partial charge is 0.497 e. The van der Waals surface area contributed by atoms with Crippen molar-refractivity contribution in [3.05, 3.63) is 41.2 Å². The summed E-state index contributed by atoms with van der Waals surface area (Å²) in [5, 5.41) is 8.13. The fourth-order valence-electron chi connectivity index (χ4n) is 3.03. The molecule has 0 aliphatic rings. The van der Waals surface area contributed by atoms with Crippen molar-refractivity contribution in [2.75, 3.05) is 19.5 Å². The summed E-state index contributed by atoms with van der Waals surface area (Å²) < 4.78 is 12.3. The van der Waals surface area contributed by atoms with Gasteiger partial charge in [0.25, 0.3) is 5.91 Å². The lowest BCUT2D eigenvalue weighted by Gasteiger charge is -2.13. The van der Waals surface area contributed by atoms with Gasteiger partial charge in [-0.1, -0.05) is 13.8 Å². The predicted molar refractivity (Wildman–Crippen MR) is 105 cm³/mol. The molecule has 0 fully saturated rings. The van der Waals surface area contributed by atoms with Gasteiger partial charge in [0.15, 0.2) is 5.65 Å². The van der Waals surface area contributed by atoms with E-state index in [2.05, 4.69) is 15.4 Å². The molecule has 0 atom stereocenters. The lowest BCUT2D eigenvalue weighted by Crippen LogP contribution is -2.14. The predicted octanol–water partition coefficient (Wildman–Crippen LogP) is 3.67. The second kappa shape index (κ2) is 7.26. The third kappa shape index (κ3) is 3.45. The SMILES string of the molecule is COc1ccc(NC(=O)c2cc(C(C)C)nc3c2c(C)nn3C)c(OC)c1. The number of aryl methyl sites for hydroxylation is 2. The molecule has 1 amide bonds. The van der Waals surface area contributed by atoms with Gasteiger partial charge in [0.2, 0.25) is 0 Å². The lowest BCUT2D eigenvalue weighted by atomic mass is 10.0. The number of carbonyl (C=O) groups is 1. The van der Waals surface area contributed by atoms with E-state index in [0.717, 1.165) is 16.8 Å². The highest BCUT2D eigenvalue weighted by Crippen LogP contribution is 2.31. The number of aromatic nitrogens is 3. The molecule has 142 valence electrons. The van der Waals surface area contributed by atoms with Crippen molar-refractivity contribution < 1.29 is 14.3 Å². The first kappa shape index (κ1) is 18.7. The van der Waals surface area contributed by atoms with Crippen LogP contribution in [-0.4, -0.2) is 34.9 Å². The average Bonchev–Trinajstić information content (AvgIpc) is 2.95. The van der Waals surface area contributed by atoms with Crippen molar-refractivity contribution in [2.24, 2.45) is 7.05 Å². The molecule has 0 spiro atoms. The van der Waals surface area contributed by atoms with E-state index in [1.54, 1.807) is 37.1 Å². The number of amides is 1. The number of nitrogens with one attached hydrogen (secondary N) is 1. The van der Waals surface area contributed by atoms with Crippen LogP contribution in [0.1, 0.15) is 41.5 Å². The van der Waals surface area contributed by atoms with Crippen molar-refractivity contribution in [3.8, 4) is 11.5 Å². The number of fused-ring (bicyclic) bond motifs is 1. The molecular weight excluding hydrogens is 344 g/mol. The zero-order valence-corrected chi connectivity index (χ0v) is 16.5. The molecular formula is C20H24N4O3. The maximum absolute atomic E-state index is 13.1. The highest BCUT2D eigenvalue weighted by molar-refractivity contribution is 6.13. The van der Waals surface area contributed by atoms with Crippen LogP contribution >= 0.6 is 0 Å². The van der Waals surface area contributed by atoms with Crippen LogP contribution in [0, 0.1) is 6.92 Å². The highest BCUT2D eigenvalue weighted by atomic mass is 16.5. The van der Waals surface area contributed by atoms with Crippen LogP contribution in [0.15, 0.2) is 24.3 Å². The minimum atomic E-state index is -0.233. The molecule has 0 saturated carbocycles. The van der Waals surface area contributed by atoms with Crippen LogP contribution in [0.25, 0.3) is 11.0 Å². The Kier molecular flexibility index (Phi) is 5.03. The van der Waals surface area contributed by atoms with Gasteiger partial charge in [-0.3, -0.25) is 9.48 Å². The lowest BCUT2D eigenvalue weighted by molar-refractivity contribution is 0.102. The molecule has 0 aliphatic carbocycles. The average molecular weight is 368 g/mol. The topological polar surface area (TPSA) is 78.3 Å². The van der Waals surface area contributed by atoms with Crippen LogP contribution in [0.5, 0.6) is 11.5 Å². The Labute approximate surface area is 158 Å². The van der Waals surface area contributed by atoms with E-state index in [1.165, 1.54) is 0 Å². The fraction of sp³-hybridized carbons (Fsp3) is 0.350. The molecule has 0 aliphatic heterocycles. The van der Waals surface area contributed by atoms with E-state index < -0.39 is 0 Å². The first-order valence-corrected chi connectivity index (χ1v) is 8.73. The first-order chi connectivity index (χ1) is 12.8. The van der Waals surface area contributed by atoms with E-state index in [-0.39, 0.29) is 11.8 Å². The number of pyridine rings is 1. The highest BCUT2D eigenvalue weighted by Gasteiger charge is 2.20. The summed E-state index contributed by atoms with van der Waals surface area (Å²) in [4.78, 5) is 17.8. The van der Waals surface area contributed by atoms with Gasteiger partial charge in [-0.15, -0.1) is 0 Å². The maximum atomic E-state index is 13.1. The zero-order valence-electron chi connectivity index (χ0n) is 16.5. The van der Waals surface area contributed by atoms with Gasteiger partial charge in [0.05, 0.1) is 36.6 Å². The van der Waals surface area contributed by atoms with E-state index in [9.17, 15) is 4.79 Å². The van der Waals surface area contributed by atoms with Gasteiger partial charge in [0.1, 0.15) is 11.5 Å². The van der Waals surface area contributed by atoms with Crippen LogP contribution < -0.4 is 14.8 Å². The summed E-state index contributed by atoms with van der Waals surface area (Å²) in [5.74, 6) is 1.14. The molecule has 1 N–H and O–H groups in total. The van der Waals surface area contributed by atoms with Gasteiger partial charge in [0, 0.05) is 18.8 Å². The van der Waals surface area contributed by atoms with Crippen LogP contribution in [0.2, 0.25) is 0 Å². The molecule has 2 heterocycles. The van der Waals surface area contributed by atoms with E-state index in [0.29, 0.717) is 28.4 Å². The molecule has 3 rings (SSSR count). The van der Waals surface area contributed by atoms with Crippen molar-refractivity contribution in [1.82, 2.24) is 14.8 Å². The number of methoxy groups -OCH3 is 2. The van der Waals surface area contributed by atoms with Gasteiger partial charge in [-0.25, -0.2) is 4.98 Å². The third-order valence-corrected chi connectivity index (χ3v) is 4.48. The Bertz CT molecular complexity index is 1010. The maximum Gasteiger partial charge on any atom is 0.256 e. The van der Waals surface area contributed by atoms with E-state index in [1.807, 2.05) is 33.9 Å². The number of hydrogen-bond acceptors (Lipinski definition) is 5. The normalized spacial score (nSPS) is 11.1. The van der Waals surface area contributed by atoms with Crippen molar-refractivity contribution in [1.29, 1.82) is 0 Å². The quantitative estimate of drug-likeness (QED) is 0.743. The Morgan fingerprint density at radius 3 is 2.56 bits per heavy atom. The molecule has 27 heavy (non-hydrogen) atoms. The van der Waals surface area contributed by atoms with E-state index in [4.69, 9.17) is 9.47 Å². The van der Waals surface area contributed by atoms with Gasteiger partial charge in [-0.2, -0.15) is 5.10 Å². The zero-order chi connectivity index (χ0) is 19.7. The van der Waals surface area contributed by atoms with Crippen molar-refractivity contribution >= 4 is 22.6 Å². The van der Waals surface area contributed by atoms with Crippen LogP contribution in [0.3, 0.4) is 0 Å². The Morgan fingerprint density at radius 1 is 1.19 bits per heavy atom. The molecule has 2 aromatic heterocycles. The third-order valence-electron chi connectivity index (χ3n) is 4.48. The number of anilines is 1.